The molecular weight excluding hydrogens is 329 g/mol. The Morgan fingerprint density at radius 1 is 1.43 bits per heavy atom. The molecule has 0 atom stereocenters. The fourth-order valence-corrected chi connectivity index (χ4v) is 3.22. The predicted octanol–water partition coefficient (Wildman–Crippen LogP) is 0.774. The van der Waals surface area contributed by atoms with Crippen molar-refractivity contribution in [2.75, 3.05) is 6.54 Å². The summed E-state index contributed by atoms with van der Waals surface area (Å²) in [5, 5.41) is 14.8. The second-order valence-electron chi connectivity index (χ2n) is 4.64. The number of halogens is 1. The highest BCUT2D eigenvalue weighted by Crippen LogP contribution is 2.26. The minimum Gasteiger partial charge on any atom is -0.258 e. The third-order valence-corrected chi connectivity index (χ3v) is 4.59. The number of para-hydroxylation sites is 1. The molecule has 0 saturated carbocycles. The first-order valence-corrected chi connectivity index (χ1v) is 8.06. The molecule has 1 aromatic carbocycles. The Morgan fingerprint density at radius 3 is 2.78 bits per heavy atom. The topological polar surface area (TPSA) is 120 Å². The van der Waals surface area contributed by atoms with Gasteiger partial charge in [-0.05, 0) is 18.6 Å². The molecule has 2 aromatic rings. The van der Waals surface area contributed by atoms with E-state index in [0.717, 1.165) is 18.2 Å². The van der Waals surface area contributed by atoms with E-state index in [2.05, 4.69) is 14.8 Å². The Labute approximate surface area is 131 Å². The standard InChI is InChI=1S/C12H14FN5O4S/c1-17-11(14-8-15-17)6-3-7-16-23(21,22)10-5-2-4-9(13)12(10)18(19)20/h2,4-5,8,16H,3,6-7H2,1H3. The smallest absolute Gasteiger partial charge is 0.258 e. The summed E-state index contributed by atoms with van der Waals surface area (Å²) in [5.74, 6) is -0.516. The molecule has 11 heteroatoms. The van der Waals surface area contributed by atoms with Gasteiger partial charge in [0.05, 0.1) is 4.92 Å². The number of benzene rings is 1. The van der Waals surface area contributed by atoms with Crippen LogP contribution in [0, 0.1) is 15.9 Å². The van der Waals surface area contributed by atoms with Crippen LogP contribution in [0.2, 0.25) is 0 Å². The van der Waals surface area contributed by atoms with Gasteiger partial charge in [0.25, 0.3) is 0 Å². The number of sulfonamides is 1. The minimum atomic E-state index is -4.18. The average Bonchev–Trinajstić information content (AvgIpc) is 2.88. The third kappa shape index (κ3) is 3.87. The van der Waals surface area contributed by atoms with Gasteiger partial charge in [-0.1, -0.05) is 6.07 Å². The van der Waals surface area contributed by atoms with Crippen LogP contribution in [0.25, 0.3) is 0 Å². The third-order valence-electron chi connectivity index (χ3n) is 3.10. The number of nitro groups is 1. The molecule has 124 valence electrons. The summed E-state index contributed by atoms with van der Waals surface area (Å²) in [4.78, 5) is 13.1. The van der Waals surface area contributed by atoms with Crippen LogP contribution in [0.1, 0.15) is 12.2 Å². The first kappa shape index (κ1) is 17.0. The zero-order valence-electron chi connectivity index (χ0n) is 12.1. The van der Waals surface area contributed by atoms with Crippen molar-refractivity contribution in [2.45, 2.75) is 17.7 Å². The number of aromatic nitrogens is 3. The van der Waals surface area contributed by atoms with E-state index in [1.54, 1.807) is 11.7 Å². The van der Waals surface area contributed by atoms with E-state index in [4.69, 9.17) is 0 Å². The van der Waals surface area contributed by atoms with Gasteiger partial charge in [-0.3, -0.25) is 14.8 Å². The van der Waals surface area contributed by atoms with E-state index in [0.29, 0.717) is 18.7 Å². The van der Waals surface area contributed by atoms with Crippen LogP contribution in [-0.2, 0) is 23.5 Å². The van der Waals surface area contributed by atoms with E-state index in [1.165, 1.54) is 6.33 Å². The van der Waals surface area contributed by atoms with Crippen LogP contribution in [-0.4, -0.2) is 34.7 Å². The molecule has 0 radical (unpaired) electrons. The van der Waals surface area contributed by atoms with Crippen LogP contribution < -0.4 is 4.72 Å². The molecule has 0 fully saturated rings. The van der Waals surface area contributed by atoms with Crippen molar-refractivity contribution in [1.82, 2.24) is 19.5 Å². The highest BCUT2D eigenvalue weighted by Gasteiger charge is 2.28. The molecule has 0 bridgehead atoms. The molecule has 1 N–H and O–H groups in total. The van der Waals surface area contributed by atoms with Crippen molar-refractivity contribution in [3.05, 3.63) is 46.3 Å². The van der Waals surface area contributed by atoms with Crippen LogP contribution in [0.15, 0.2) is 29.4 Å². The SMILES string of the molecule is Cn1ncnc1CCCNS(=O)(=O)c1cccc(F)c1[N+](=O)[O-]. The van der Waals surface area contributed by atoms with Crippen molar-refractivity contribution in [1.29, 1.82) is 0 Å². The number of nitro benzene ring substituents is 1. The molecular formula is C12H14FN5O4S. The average molecular weight is 343 g/mol. The fourth-order valence-electron chi connectivity index (χ4n) is 1.97. The monoisotopic (exact) mass is 343 g/mol. The quantitative estimate of drug-likeness (QED) is 0.450. The molecule has 0 spiro atoms. The number of hydrogen-bond donors (Lipinski definition) is 1. The molecule has 0 amide bonds. The van der Waals surface area contributed by atoms with Gasteiger partial charge in [0.15, 0.2) is 4.90 Å². The summed E-state index contributed by atoms with van der Waals surface area (Å²) in [6.45, 7) is 0.0306. The highest BCUT2D eigenvalue weighted by molar-refractivity contribution is 7.89. The summed E-state index contributed by atoms with van der Waals surface area (Å²) >= 11 is 0. The van der Waals surface area contributed by atoms with Crippen LogP contribution in [0.3, 0.4) is 0 Å². The van der Waals surface area contributed by atoms with Crippen LogP contribution in [0.5, 0.6) is 0 Å². The maximum Gasteiger partial charge on any atom is 0.324 e. The van der Waals surface area contributed by atoms with Crippen molar-refractivity contribution in [3.63, 3.8) is 0 Å². The Kier molecular flexibility index (Phi) is 5.01. The summed E-state index contributed by atoms with van der Waals surface area (Å²) in [7, 11) is -2.47. The highest BCUT2D eigenvalue weighted by atomic mass is 32.2. The van der Waals surface area contributed by atoms with E-state index in [-0.39, 0.29) is 6.54 Å². The molecule has 0 aliphatic rings. The van der Waals surface area contributed by atoms with Gasteiger partial charge < -0.3 is 0 Å². The fraction of sp³-hybridized carbons (Fsp3) is 0.333. The van der Waals surface area contributed by atoms with Gasteiger partial charge >= 0.3 is 5.69 Å². The molecule has 1 heterocycles. The van der Waals surface area contributed by atoms with E-state index >= 15 is 0 Å². The molecule has 9 nitrogen and oxygen atoms in total. The van der Waals surface area contributed by atoms with Crippen LogP contribution >= 0.6 is 0 Å². The zero-order chi connectivity index (χ0) is 17.0. The van der Waals surface area contributed by atoms with Crippen molar-refractivity contribution in [3.8, 4) is 0 Å². The lowest BCUT2D eigenvalue weighted by atomic mass is 10.3. The van der Waals surface area contributed by atoms with Gasteiger partial charge in [-0.15, -0.1) is 0 Å². The van der Waals surface area contributed by atoms with E-state index in [1.807, 2.05) is 0 Å². The normalized spacial score (nSPS) is 11.6. The number of hydrogen-bond acceptors (Lipinski definition) is 6. The second-order valence-corrected chi connectivity index (χ2v) is 6.38. The molecule has 23 heavy (non-hydrogen) atoms. The zero-order valence-corrected chi connectivity index (χ0v) is 13.0. The van der Waals surface area contributed by atoms with Gasteiger partial charge in [-0.25, -0.2) is 18.1 Å². The maximum atomic E-state index is 13.5. The lowest BCUT2D eigenvalue weighted by molar-refractivity contribution is -0.390. The molecule has 0 unspecified atom stereocenters. The first-order valence-electron chi connectivity index (χ1n) is 6.58. The van der Waals surface area contributed by atoms with Gasteiger partial charge in [-0.2, -0.15) is 9.49 Å². The summed E-state index contributed by atoms with van der Waals surface area (Å²) in [6.07, 6.45) is 2.27. The molecule has 0 saturated heterocycles. The number of aryl methyl sites for hydroxylation is 2. The molecule has 2 rings (SSSR count). The Hall–Kier alpha value is -2.40. The lowest BCUT2D eigenvalue weighted by Crippen LogP contribution is -2.26. The number of rotatable bonds is 7. The maximum absolute atomic E-state index is 13.5. The first-order chi connectivity index (χ1) is 10.8. The second kappa shape index (κ2) is 6.79. The Bertz CT molecular complexity index is 821. The summed E-state index contributed by atoms with van der Waals surface area (Å²) in [5.41, 5.74) is -1.06. The molecule has 0 aliphatic carbocycles. The van der Waals surface area contributed by atoms with Gasteiger partial charge in [0.2, 0.25) is 15.8 Å². The summed E-state index contributed by atoms with van der Waals surface area (Å²) < 4.78 is 41.5. The minimum absolute atomic E-state index is 0.0306. The molecule has 1 aromatic heterocycles. The van der Waals surface area contributed by atoms with Gasteiger partial charge in [0.1, 0.15) is 12.2 Å². The predicted molar refractivity (Wildman–Crippen MR) is 77.6 cm³/mol. The Morgan fingerprint density at radius 2 is 2.17 bits per heavy atom. The number of nitrogens with one attached hydrogen (secondary N) is 1. The largest absolute Gasteiger partial charge is 0.324 e. The number of nitrogens with zero attached hydrogens (tertiary/aromatic N) is 4. The molecule has 0 aliphatic heterocycles. The van der Waals surface area contributed by atoms with E-state index < -0.39 is 31.3 Å². The van der Waals surface area contributed by atoms with E-state index in [9.17, 15) is 22.9 Å². The Balaban J connectivity index is 2.06. The summed E-state index contributed by atoms with van der Waals surface area (Å²) in [6, 6.07) is 2.94. The van der Waals surface area contributed by atoms with Crippen molar-refractivity contribution in [2.24, 2.45) is 7.05 Å². The van der Waals surface area contributed by atoms with Crippen molar-refractivity contribution < 1.29 is 17.7 Å². The lowest BCUT2D eigenvalue weighted by Gasteiger charge is -2.07. The van der Waals surface area contributed by atoms with Crippen molar-refractivity contribution >= 4 is 15.7 Å². The van der Waals surface area contributed by atoms with Gasteiger partial charge in [0, 0.05) is 20.0 Å². The van der Waals surface area contributed by atoms with Crippen LogP contribution in [0.4, 0.5) is 10.1 Å².